The number of rotatable bonds is 4. The van der Waals surface area contributed by atoms with E-state index in [0.29, 0.717) is 6.07 Å². The van der Waals surface area contributed by atoms with Gasteiger partial charge in [0.25, 0.3) is 12.1 Å². The maximum atomic E-state index is 12.8. The Morgan fingerprint density at radius 3 is 2.74 bits per heavy atom. The second-order valence-corrected chi connectivity index (χ2v) is 3.19. The fourth-order valence-electron chi connectivity index (χ4n) is 1.27. The molecular formula is C10H7F2N3O4. The van der Waals surface area contributed by atoms with Crippen molar-refractivity contribution in [1.29, 1.82) is 5.26 Å². The highest BCUT2D eigenvalue weighted by Crippen LogP contribution is 2.27. The number of ether oxygens (including phenoxy) is 1. The van der Waals surface area contributed by atoms with Crippen molar-refractivity contribution in [2.45, 2.75) is 13.3 Å². The molecule has 0 fully saturated rings. The van der Waals surface area contributed by atoms with Gasteiger partial charge in [-0.1, -0.05) is 0 Å². The van der Waals surface area contributed by atoms with E-state index in [1.807, 2.05) is 0 Å². The molecule has 0 bridgehead atoms. The predicted octanol–water partition coefficient (Wildman–Crippen LogP) is 1.98. The van der Waals surface area contributed by atoms with E-state index in [9.17, 15) is 23.7 Å². The lowest BCUT2D eigenvalue weighted by atomic mass is 10.1. The Hall–Kier alpha value is -2.63. The van der Waals surface area contributed by atoms with Crippen molar-refractivity contribution in [3.05, 3.63) is 33.0 Å². The highest BCUT2D eigenvalue weighted by atomic mass is 19.3. The molecule has 19 heavy (non-hydrogen) atoms. The molecule has 0 unspecified atom stereocenters. The summed E-state index contributed by atoms with van der Waals surface area (Å²) in [7, 11) is 0. The molecular weight excluding hydrogens is 264 g/mol. The largest absolute Gasteiger partial charge is 0.460 e. The molecule has 1 aromatic rings. The van der Waals surface area contributed by atoms with Gasteiger partial charge in [-0.2, -0.15) is 5.26 Å². The third-order valence-electron chi connectivity index (χ3n) is 2.03. The minimum Gasteiger partial charge on any atom is -0.460 e. The first-order valence-electron chi connectivity index (χ1n) is 4.97. The Bertz CT molecular complexity index is 569. The van der Waals surface area contributed by atoms with Gasteiger partial charge < -0.3 is 14.9 Å². The average molecular weight is 271 g/mol. The average Bonchev–Trinajstić information content (AvgIpc) is 2.37. The van der Waals surface area contributed by atoms with Crippen LogP contribution in [0.15, 0.2) is 6.07 Å². The number of halogens is 2. The van der Waals surface area contributed by atoms with Crippen LogP contribution in [0.1, 0.15) is 35.0 Å². The number of pyridine rings is 1. The molecule has 0 amide bonds. The number of nitrogens with zero attached hydrogens (tertiary/aromatic N) is 3. The van der Waals surface area contributed by atoms with Crippen LogP contribution in [-0.2, 0) is 4.74 Å². The third-order valence-corrected chi connectivity index (χ3v) is 2.03. The summed E-state index contributed by atoms with van der Waals surface area (Å²) in [6.07, 6.45) is -3.11. The second-order valence-electron chi connectivity index (χ2n) is 3.19. The molecule has 0 saturated carbocycles. The van der Waals surface area contributed by atoms with E-state index >= 15 is 0 Å². The maximum Gasteiger partial charge on any atom is 0.383 e. The van der Waals surface area contributed by atoms with Crippen LogP contribution < -0.4 is 0 Å². The molecule has 100 valence electrons. The molecule has 9 heteroatoms. The fourth-order valence-corrected chi connectivity index (χ4v) is 1.27. The van der Waals surface area contributed by atoms with E-state index in [1.165, 1.54) is 13.0 Å². The second kappa shape index (κ2) is 5.81. The summed E-state index contributed by atoms with van der Waals surface area (Å²) >= 11 is 0. The summed E-state index contributed by atoms with van der Waals surface area (Å²) < 4.78 is 30.0. The van der Waals surface area contributed by atoms with E-state index in [1.54, 1.807) is 0 Å². The van der Waals surface area contributed by atoms with Gasteiger partial charge in [-0.05, 0) is 22.9 Å². The first-order chi connectivity index (χ1) is 8.92. The Morgan fingerprint density at radius 2 is 2.32 bits per heavy atom. The zero-order valence-electron chi connectivity index (χ0n) is 9.59. The SMILES string of the molecule is CCOC(=O)c1nc([N+](=O)[O-])c(C#N)cc1C(F)F. The predicted molar refractivity (Wildman–Crippen MR) is 56.5 cm³/mol. The van der Waals surface area contributed by atoms with Crippen molar-refractivity contribution < 1.29 is 23.2 Å². The highest BCUT2D eigenvalue weighted by Gasteiger charge is 2.31. The minimum absolute atomic E-state index is 0.100. The van der Waals surface area contributed by atoms with Crippen LogP contribution in [0.3, 0.4) is 0 Å². The molecule has 0 aliphatic rings. The van der Waals surface area contributed by atoms with Crippen LogP contribution in [0.4, 0.5) is 14.6 Å². The smallest absolute Gasteiger partial charge is 0.383 e. The van der Waals surface area contributed by atoms with Gasteiger partial charge in [-0.3, -0.25) is 0 Å². The lowest BCUT2D eigenvalue weighted by Gasteiger charge is -2.05. The van der Waals surface area contributed by atoms with Crippen LogP contribution in [0, 0.1) is 21.4 Å². The molecule has 1 rings (SSSR count). The van der Waals surface area contributed by atoms with Gasteiger partial charge in [-0.25, -0.2) is 13.6 Å². The fraction of sp³-hybridized carbons (Fsp3) is 0.300. The number of carbonyl (C=O) groups is 1. The summed E-state index contributed by atoms with van der Waals surface area (Å²) in [4.78, 5) is 24.2. The van der Waals surface area contributed by atoms with Crippen LogP contribution in [0.5, 0.6) is 0 Å². The molecule has 0 aliphatic carbocycles. The quantitative estimate of drug-likeness (QED) is 0.470. The molecule has 0 aliphatic heterocycles. The standard InChI is InChI=1S/C10H7F2N3O4/c1-2-19-10(16)7-6(8(11)12)3-5(4-13)9(14-7)15(17)18/h3,8H,2H2,1H3. The number of carbonyl (C=O) groups excluding carboxylic acids is 1. The molecule has 0 atom stereocenters. The number of aromatic nitrogens is 1. The normalized spacial score (nSPS) is 10.1. The first-order valence-corrected chi connectivity index (χ1v) is 4.97. The minimum atomic E-state index is -3.11. The van der Waals surface area contributed by atoms with Crippen molar-refractivity contribution in [2.24, 2.45) is 0 Å². The van der Waals surface area contributed by atoms with Crippen molar-refractivity contribution >= 4 is 11.8 Å². The molecule has 1 aromatic heterocycles. The third kappa shape index (κ3) is 2.98. The maximum absolute atomic E-state index is 12.8. The van der Waals surface area contributed by atoms with Gasteiger partial charge in [0.05, 0.1) is 12.2 Å². The summed E-state index contributed by atoms with van der Waals surface area (Å²) in [6.45, 7) is 1.34. The zero-order valence-corrected chi connectivity index (χ0v) is 9.59. The monoisotopic (exact) mass is 271 g/mol. The molecule has 0 aromatic carbocycles. The number of nitriles is 1. The molecule has 0 N–H and O–H groups in total. The Labute approximate surface area is 105 Å². The zero-order chi connectivity index (χ0) is 14.6. The van der Waals surface area contributed by atoms with Crippen molar-refractivity contribution in [3.63, 3.8) is 0 Å². The van der Waals surface area contributed by atoms with E-state index in [4.69, 9.17) is 5.26 Å². The van der Waals surface area contributed by atoms with Crippen molar-refractivity contribution in [2.75, 3.05) is 6.61 Å². The van der Waals surface area contributed by atoms with E-state index in [2.05, 4.69) is 9.72 Å². The van der Waals surface area contributed by atoms with Crippen molar-refractivity contribution in [1.82, 2.24) is 4.98 Å². The van der Waals surface area contributed by atoms with Gasteiger partial charge in [-0.15, -0.1) is 0 Å². The summed E-state index contributed by atoms with van der Waals surface area (Å²) in [6, 6.07) is 1.95. The van der Waals surface area contributed by atoms with E-state index in [-0.39, 0.29) is 6.61 Å². The number of hydrogen-bond donors (Lipinski definition) is 0. The van der Waals surface area contributed by atoms with Crippen LogP contribution >= 0.6 is 0 Å². The van der Waals surface area contributed by atoms with Crippen LogP contribution in [0.25, 0.3) is 0 Å². The summed E-state index contributed by atoms with van der Waals surface area (Å²) in [5.74, 6) is -2.17. The lowest BCUT2D eigenvalue weighted by molar-refractivity contribution is -0.389. The van der Waals surface area contributed by atoms with Crippen LogP contribution in [0.2, 0.25) is 0 Å². The van der Waals surface area contributed by atoms with Crippen LogP contribution in [-0.4, -0.2) is 22.5 Å². The Balaban J connectivity index is 3.51. The summed E-state index contributed by atoms with van der Waals surface area (Å²) in [5, 5.41) is 19.3. The number of nitro groups is 1. The van der Waals surface area contributed by atoms with Crippen molar-refractivity contribution in [3.8, 4) is 6.07 Å². The Kier molecular flexibility index (Phi) is 4.41. The Morgan fingerprint density at radius 1 is 1.68 bits per heavy atom. The number of esters is 1. The number of hydrogen-bond acceptors (Lipinski definition) is 6. The van der Waals surface area contributed by atoms with E-state index in [0.717, 1.165) is 0 Å². The molecule has 7 nitrogen and oxygen atoms in total. The summed E-state index contributed by atoms with van der Waals surface area (Å²) in [5.41, 5.74) is -2.38. The van der Waals surface area contributed by atoms with Gasteiger partial charge in [0.2, 0.25) is 0 Å². The van der Waals surface area contributed by atoms with Gasteiger partial charge in [0, 0.05) is 0 Å². The van der Waals surface area contributed by atoms with Gasteiger partial charge in [0.1, 0.15) is 6.07 Å². The van der Waals surface area contributed by atoms with Gasteiger partial charge in [0.15, 0.2) is 5.56 Å². The molecule has 0 radical (unpaired) electrons. The number of alkyl halides is 2. The lowest BCUT2D eigenvalue weighted by Crippen LogP contribution is -2.13. The van der Waals surface area contributed by atoms with Gasteiger partial charge >= 0.3 is 11.8 Å². The topological polar surface area (TPSA) is 106 Å². The highest BCUT2D eigenvalue weighted by molar-refractivity contribution is 5.89. The molecule has 0 spiro atoms. The molecule has 0 saturated heterocycles. The van der Waals surface area contributed by atoms with E-state index < -0.39 is 40.0 Å². The first kappa shape index (κ1) is 14.4. The molecule has 1 heterocycles.